The second kappa shape index (κ2) is 12.3. The zero-order valence-corrected chi connectivity index (χ0v) is 18.3. The summed E-state index contributed by atoms with van der Waals surface area (Å²) in [5.74, 6) is 0.132. The number of amides is 2. The van der Waals surface area contributed by atoms with Gasteiger partial charge in [-0.2, -0.15) is 0 Å². The van der Waals surface area contributed by atoms with Crippen LogP contribution in [0.2, 0.25) is 0 Å². The van der Waals surface area contributed by atoms with E-state index in [1.54, 1.807) is 0 Å². The van der Waals surface area contributed by atoms with Crippen molar-refractivity contribution in [2.24, 2.45) is 0 Å². The minimum Gasteiger partial charge on any atom is -0.355 e. The molecule has 0 aliphatic heterocycles. The Balaban J connectivity index is 1.58. The minimum atomic E-state index is -0.263. The van der Waals surface area contributed by atoms with Crippen molar-refractivity contribution in [3.63, 3.8) is 0 Å². The van der Waals surface area contributed by atoms with Crippen LogP contribution in [-0.2, 0) is 16.1 Å². The zero-order valence-electron chi connectivity index (χ0n) is 17.5. The number of hydrogen-bond donors (Lipinski definition) is 2. The zero-order chi connectivity index (χ0) is 21.1. The molecule has 2 N–H and O–H groups in total. The van der Waals surface area contributed by atoms with Crippen LogP contribution in [-0.4, -0.2) is 47.9 Å². The molecule has 0 bridgehead atoms. The number of hydrogen-bond acceptors (Lipinski definition) is 4. The molecule has 0 aliphatic rings. The normalized spacial score (nSPS) is 11.9. The van der Waals surface area contributed by atoms with Crippen LogP contribution < -0.4 is 10.6 Å². The number of carbonyl (C=O) groups excluding carboxylic acids is 2. The van der Waals surface area contributed by atoms with Gasteiger partial charge in [-0.15, -0.1) is 11.8 Å². The van der Waals surface area contributed by atoms with Gasteiger partial charge >= 0.3 is 0 Å². The van der Waals surface area contributed by atoms with Gasteiger partial charge in [0.05, 0.1) is 11.0 Å². The van der Waals surface area contributed by atoms with E-state index in [1.807, 2.05) is 56.3 Å². The Labute approximate surface area is 178 Å². The molecular formula is C23H31N3O2S. The number of thioether (sulfide) groups is 1. The predicted molar refractivity (Wildman–Crippen MR) is 122 cm³/mol. The maximum absolute atomic E-state index is 12.2. The van der Waals surface area contributed by atoms with Crippen molar-refractivity contribution in [1.29, 1.82) is 0 Å². The fourth-order valence-corrected chi connectivity index (χ4v) is 3.50. The highest BCUT2D eigenvalue weighted by molar-refractivity contribution is 8.01. The topological polar surface area (TPSA) is 61.4 Å². The summed E-state index contributed by atoms with van der Waals surface area (Å²) in [6, 6.07) is 18.0. The smallest absolute Gasteiger partial charge is 0.234 e. The molecule has 0 fully saturated rings. The van der Waals surface area contributed by atoms with Crippen molar-refractivity contribution in [2.75, 3.05) is 31.2 Å². The van der Waals surface area contributed by atoms with Crippen molar-refractivity contribution < 1.29 is 9.59 Å². The molecule has 0 spiro atoms. The summed E-state index contributed by atoms with van der Waals surface area (Å²) < 4.78 is 0. The summed E-state index contributed by atoms with van der Waals surface area (Å²) in [7, 11) is 2.08. The number of anilines is 1. The molecule has 2 aromatic carbocycles. The lowest BCUT2D eigenvalue weighted by Gasteiger charge is -2.17. The van der Waals surface area contributed by atoms with Gasteiger partial charge in [0.25, 0.3) is 0 Å². The van der Waals surface area contributed by atoms with Crippen LogP contribution in [0.1, 0.15) is 24.5 Å². The van der Waals surface area contributed by atoms with Crippen LogP contribution in [0.5, 0.6) is 0 Å². The van der Waals surface area contributed by atoms with Crippen LogP contribution in [0.15, 0.2) is 54.6 Å². The van der Waals surface area contributed by atoms with Gasteiger partial charge < -0.3 is 15.5 Å². The lowest BCUT2D eigenvalue weighted by Crippen LogP contribution is -2.34. The maximum Gasteiger partial charge on any atom is 0.234 e. The Morgan fingerprint density at radius 3 is 2.45 bits per heavy atom. The second-order valence-corrected chi connectivity index (χ2v) is 8.56. The standard InChI is InChI=1S/C23H31N3O2S/c1-18-10-12-21(13-11-18)25-22(27)17-29-19(2)23(28)24-14-7-15-26(3)16-20-8-5-4-6-9-20/h4-6,8-13,19H,7,14-17H2,1-3H3,(H,24,28)(H,25,27). The van der Waals surface area contributed by atoms with Gasteiger partial charge in [0.15, 0.2) is 0 Å². The third kappa shape index (κ3) is 9.15. The van der Waals surface area contributed by atoms with Crippen molar-refractivity contribution in [1.82, 2.24) is 10.2 Å². The average Bonchev–Trinajstić information content (AvgIpc) is 2.71. The van der Waals surface area contributed by atoms with E-state index in [0.717, 1.165) is 30.8 Å². The fourth-order valence-electron chi connectivity index (χ4n) is 2.79. The van der Waals surface area contributed by atoms with Gasteiger partial charge in [0.1, 0.15) is 0 Å². The molecule has 29 heavy (non-hydrogen) atoms. The molecule has 2 aromatic rings. The van der Waals surface area contributed by atoms with Crippen LogP contribution >= 0.6 is 11.8 Å². The van der Waals surface area contributed by atoms with E-state index in [9.17, 15) is 9.59 Å². The Bertz CT molecular complexity index is 765. The highest BCUT2D eigenvalue weighted by Gasteiger charge is 2.15. The summed E-state index contributed by atoms with van der Waals surface area (Å²) in [5, 5.41) is 5.55. The fraction of sp³-hybridized carbons (Fsp3) is 0.391. The molecule has 0 aliphatic carbocycles. The third-order valence-corrected chi connectivity index (χ3v) is 5.62. The summed E-state index contributed by atoms with van der Waals surface area (Å²) in [6.07, 6.45) is 0.889. The Morgan fingerprint density at radius 2 is 1.76 bits per heavy atom. The molecule has 1 atom stereocenters. The van der Waals surface area contributed by atoms with Gasteiger partial charge in [-0.1, -0.05) is 48.0 Å². The van der Waals surface area contributed by atoms with Crippen molar-refractivity contribution in [2.45, 2.75) is 32.1 Å². The number of nitrogens with zero attached hydrogens (tertiary/aromatic N) is 1. The summed E-state index contributed by atoms with van der Waals surface area (Å²) >= 11 is 1.35. The quantitative estimate of drug-likeness (QED) is 0.552. The van der Waals surface area contributed by atoms with Crippen molar-refractivity contribution in [3.05, 3.63) is 65.7 Å². The number of aryl methyl sites for hydroxylation is 1. The van der Waals surface area contributed by atoms with E-state index in [4.69, 9.17) is 0 Å². The third-order valence-electron chi connectivity index (χ3n) is 4.48. The van der Waals surface area contributed by atoms with Crippen LogP contribution in [0, 0.1) is 6.92 Å². The van der Waals surface area contributed by atoms with E-state index in [0.29, 0.717) is 6.54 Å². The molecular weight excluding hydrogens is 382 g/mol. The largest absolute Gasteiger partial charge is 0.355 e. The van der Waals surface area contributed by atoms with E-state index < -0.39 is 0 Å². The first-order chi connectivity index (χ1) is 13.9. The van der Waals surface area contributed by atoms with Crippen LogP contribution in [0.4, 0.5) is 5.69 Å². The molecule has 0 radical (unpaired) electrons. The SMILES string of the molecule is Cc1ccc(NC(=O)CSC(C)C(=O)NCCCN(C)Cc2ccccc2)cc1. The molecule has 5 nitrogen and oxygen atoms in total. The Kier molecular flexibility index (Phi) is 9.74. The molecule has 0 saturated carbocycles. The lowest BCUT2D eigenvalue weighted by atomic mass is 10.2. The molecule has 0 saturated heterocycles. The molecule has 0 heterocycles. The predicted octanol–water partition coefficient (Wildman–Crippen LogP) is 3.69. The van der Waals surface area contributed by atoms with E-state index >= 15 is 0 Å². The van der Waals surface area contributed by atoms with Gasteiger partial charge in [0, 0.05) is 18.8 Å². The Hall–Kier alpha value is -2.31. The van der Waals surface area contributed by atoms with Gasteiger partial charge in [-0.25, -0.2) is 0 Å². The van der Waals surface area contributed by atoms with Gasteiger partial charge in [0.2, 0.25) is 11.8 Å². The number of carbonyl (C=O) groups is 2. The average molecular weight is 414 g/mol. The minimum absolute atomic E-state index is 0.0242. The van der Waals surface area contributed by atoms with Crippen LogP contribution in [0.25, 0.3) is 0 Å². The monoisotopic (exact) mass is 413 g/mol. The van der Waals surface area contributed by atoms with E-state index in [1.165, 1.54) is 17.3 Å². The highest BCUT2D eigenvalue weighted by atomic mass is 32.2. The molecule has 2 rings (SSSR count). The summed E-state index contributed by atoms with van der Waals surface area (Å²) in [6.45, 7) is 6.29. The van der Waals surface area contributed by atoms with Crippen LogP contribution in [0.3, 0.4) is 0 Å². The van der Waals surface area contributed by atoms with E-state index in [2.05, 4.69) is 34.7 Å². The second-order valence-electron chi connectivity index (χ2n) is 7.24. The first kappa shape index (κ1) is 23.0. The van der Waals surface area contributed by atoms with Crippen molar-refractivity contribution in [3.8, 4) is 0 Å². The van der Waals surface area contributed by atoms with Crippen molar-refractivity contribution >= 4 is 29.3 Å². The van der Waals surface area contributed by atoms with Gasteiger partial charge in [-0.05, 0) is 51.6 Å². The summed E-state index contributed by atoms with van der Waals surface area (Å²) in [4.78, 5) is 26.5. The first-order valence-electron chi connectivity index (χ1n) is 9.92. The maximum atomic E-state index is 12.2. The number of nitrogens with one attached hydrogen (secondary N) is 2. The molecule has 2 amide bonds. The number of rotatable bonds is 11. The summed E-state index contributed by atoms with van der Waals surface area (Å²) in [5.41, 5.74) is 3.21. The first-order valence-corrected chi connectivity index (χ1v) is 11.0. The number of benzene rings is 2. The molecule has 6 heteroatoms. The highest BCUT2D eigenvalue weighted by Crippen LogP contribution is 2.13. The molecule has 1 unspecified atom stereocenters. The molecule has 0 aromatic heterocycles. The molecule has 156 valence electrons. The van der Waals surface area contributed by atoms with Gasteiger partial charge in [-0.3, -0.25) is 9.59 Å². The lowest BCUT2D eigenvalue weighted by molar-refractivity contribution is -0.120. The Morgan fingerprint density at radius 1 is 1.07 bits per heavy atom. The van der Waals surface area contributed by atoms with E-state index in [-0.39, 0.29) is 22.8 Å².